The molecule has 1 atom stereocenters. The zero-order valence-electron chi connectivity index (χ0n) is 13.1. The molecule has 0 radical (unpaired) electrons. The van der Waals surface area contributed by atoms with Crippen molar-refractivity contribution in [1.82, 2.24) is 15.3 Å². The smallest absolute Gasteiger partial charge is 0.298 e. The molecule has 3 aromatic rings. The van der Waals surface area contributed by atoms with Gasteiger partial charge in [0.15, 0.2) is 5.58 Å². The molecule has 5 nitrogen and oxygen atoms in total. The lowest BCUT2D eigenvalue weighted by Crippen LogP contribution is -2.50. The summed E-state index contributed by atoms with van der Waals surface area (Å²) in [6, 6.07) is 8.25. The van der Waals surface area contributed by atoms with Gasteiger partial charge in [-0.15, -0.1) is 0 Å². The number of hydrogen-bond acceptors (Lipinski definition) is 5. The van der Waals surface area contributed by atoms with E-state index in [1.165, 1.54) is 0 Å². The quantitative estimate of drug-likeness (QED) is 0.746. The summed E-state index contributed by atoms with van der Waals surface area (Å²) in [6.07, 6.45) is 1.61. The Labute approximate surface area is 149 Å². The first-order valence-electron chi connectivity index (χ1n) is 7.81. The van der Waals surface area contributed by atoms with Gasteiger partial charge in [0.1, 0.15) is 5.52 Å². The minimum Gasteiger partial charge on any atom is -0.423 e. The minimum atomic E-state index is 0.319. The van der Waals surface area contributed by atoms with Crippen LogP contribution in [0.2, 0.25) is 10.0 Å². The van der Waals surface area contributed by atoms with E-state index in [0.717, 1.165) is 36.4 Å². The molecule has 3 heterocycles. The molecule has 7 heteroatoms. The third-order valence-corrected chi connectivity index (χ3v) is 4.64. The van der Waals surface area contributed by atoms with Gasteiger partial charge >= 0.3 is 0 Å². The molecule has 0 aliphatic carbocycles. The van der Waals surface area contributed by atoms with Crippen LogP contribution in [0.15, 0.2) is 34.9 Å². The van der Waals surface area contributed by atoms with E-state index < -0.39 is 0 Å². The topological polar surface area (TPSA) is 54.2 Å². The van der Waals surface area contributed by atoms with E-state index in [9.17, 15) is 0 Å². The average Bonchev–Trinajstić information content (AvgIpc) is 2.99. The number of rotatable bonds is 2. The van der Waals surface area contributed by atoms with Crippen LogP contribution in [0, 0.1) is 0 Å². The number of benzene rings is 1. The molecule has 0 spiro atoms. The molecule has 1 fully saturated rings. The Balaban J connectivity index is 1.84. The maximum atomic E-state index is 6.27. The number of nitrogens with one attached hydrogen (secondary N) is 1. The summed E-state index contributed by atoms with van der Waals surface area (Å²) in [5, 5.41) is 4.55. The fourth-order valence-electron chi connectivity index (χ4n) is 2.96. The van der Waals surface area contributed by atoms with Crippen molar-refractivity contribution >= 4 is 40.3 Å². The van der Waals surface area contributed by atoms with Crippen molar-refractivity contribution in [3.63, 3.8) is 0 Å². The van der Waals surface area contributed by atoms with Gasteiger partial charge in [-0.3, -0.25) is 4.98 Å². The van der Waals surface area contributed by atoms with Crippen molar-refractivity contribution in [2.45, 2.75) is 13.0 Å². The molecule has 0 amide bonds. The second-order valence-electron chi connectivity index (χ2n) is 5.91. The van der Waals surface area contributed by atoms with Crippen molar-refractivity contribution in [3.05, 3.63) is 40.5 Å². The molecular formula is C17H16Cl2N4O. The van der Waals surface area contributed by atoms with Gasteiger partial charge in [0, 0.05) is 42.5 Å². The van der Waals surface area contributed by atoms with Crippen LogP contribution in [0.1, 0.15) is 6.92 Å². The van der Waals surface area contributed by atoms with Crippen LogP contribution in [-0.2, 0) is 0 Å². The lowest BCUT2D eigenvalue weighted by molar-refractivity contribution is 0.456. The summed E-state index contributed by atoms with van der Waals surface area (Å²) in [7, 11) is 0. The van der Waals surface area contributed by atoms with Crippen molar-refractivity contribution in [3.8, 4) is 11.3 Å². The van der Waals surface area contributed by atoms with Gasteiger partial charge in [-0.05, 0) is 31.2 Å². The standard InChI is InChI=1S/C17H16Cl2N4O/c1-10-8-20-4-5-23(10)17-22-15-7-12(19)6-13(16(15)24-17)14-3-2-11(18)9-21-14/h2-3,6-7,9-10,20H,4-5,8H2,1H3/t10-/m0/s1. The van der Waals surface area contributed by atoms with Crippen LogP contribution in [0.25, 0.3) is 22.4 Å². The Bertz CT molecular complexity index is 878. The fourth-order valence-corrected chi connectivity index (χ4v) is 3.28. The number of hydrogen-bond donors (Lipinski definition) is 1. The van der Waals surface area contributed by atoms with Gasteiger partial charge in [-0.25, -0.2) is 0 Å². The van der Waals surface area contributed by atoms with Crippen LogP contribution in [0.4, 0.5) is 6.01 Å². The summed E-state index contributed by atoms with van der Waals surface area (Å²) in [4.78, 5) is 11.2. The highest BCUT2D eigenvalue weighted by Gasteiger charge is 2.24. The number of oxazole rings is 1. The Morgan fingerprint density at radius 2 is 2.12 bits per heavy atom. The molecular weight excluding hydrogens is 347 g/mol. The summed E-state index contributed by atoms with van der Waals surface area (Å²) >= 11 is 12.2. The number of aromatic nitrogens is 2. The number of pyridine rings is 1. The van der Waals surface area contributed by atoms with Crippen LogP contribution in [-0.4, -0.2) is 35.6 Å². The Hall–Kier alpha value is -1.82. The lowest BCUT2D eigenvalue weighted by Gasteiger charge is -2.32. The van der Waals surface area contributed by atoms with E-state index in [1.54, 1.807) is 12.3 Å². The highest BCUT2D eigenvalue weighted by atomic mass is 35.5. The monoisotopic (exact) mass is 362 g/mol. The molecule has 1 saturated heterocycles. The van der Waals surface area contributed by atoms with E-state index in [0.29, 0.717) is 27.7 Å². The number of nitrogens with zero attached hydrogens (tertiary/aromatic N) is 3. The van der Waals surface area contributed by atoms with Crippen molar-refractivity contribution in [2.24, 2.45) is 0 Å². The second kappa shape index (κ2) is 6.24. The Kier molecular flexibility index (Phi) is 4.08. The molecule has 0 saturated carbocycles. The van der Waals surface area contributed by atoms with E-state index in [2.05, 4.69) is 27.1 Å². The zero-order chi connectivity index (χ0) is 16.7. The predicted molar refractivity (Wildman–Crippen MR) is 96.9 cm³/mol. The van der Waals surface area contributed by atoms with Crippen LogP contribution in [0.3, 0.4) is 0 Å². The molecule has 1 aromatic carbocycles. The summed E-state index contributed by atoms with van der Waals surface area (Å²) < 4.78 is 6.10. The molecule has 2 aromatic heterocycles. The first-order chi connectivity index (χ1) is 11.6. The van der Waals surface area contributed by atoms with Gasteiger partial charge in [0.25, 0.3) is 6.01 Å². The van der Waals surface area contributed by atoms with Crippen molar-refractivity contribution in [2.75, 3.05) is 24.5 Å². The molecule has 24 heavy (non-hydrogen) atoms. The molecule has 1 aliphatic rings. The van der Waals surface area contributed by atoms with Crippen LogP contribution < -0.4 is 10.2 Å². The van der Waals surface area contributed by atoms with Gasteiger partial charge in [0.05, 0.1) is 10.7 Å². The molecule has 0 unspecified atom stereocenters. The number of fused-ring (bicyclic) bond motifs is 1. The first-order valence-corrected chi connectivity index (χ1v) is 8.57. The van der Waals surface area contributed by atoms with Crippen molar-refractivity contribution < 1.29 is 4.42 Å². The highest BCUT2D eigenvalue weighted by Crippen LogP contribution is 2.34. The SMILES string of the molecule is C[C@H]1CNCCN1c1nc2cc(Cl)cc(-c3ccc(Cl)cn3)c2o1. The van der Waals surface area contributed by atoms with E-state index in [1.807, 2.05) is 18.2 Å². The molecule has 0 bridgehead atoms. The van der Waals surface area contributed by atoms with Gasteiger partial charge in [0.2, 0.25) is 0 Å². The maximum absolute atomic E-state index is 6.27. The van der Waals surface area contributed by atoms with E-state index in [4.69, 9.17) is 27.6 Å². The highest BCUT2D eigenvalue weighted by molar-refractivity contribution is 6.32. The van der Waals surface area contributed by atoms with E-state index in [-0.39, 0.29) is 0 Å². The lowest BCUT2D eigenvalue weighted by atomic mass is 10.1. The Morgan fingerprint density at radius 1 is 1.25 bits per heavy atom. The first kappa shape index (κ1) is 15.7. The minimum absolute atomic E-state index is 0.319. The molecule has 1 N–H and O–H groups in total. The molecule has 124 valence electrons. The normalized spacial score (nSPS) is 18.3. The van der Waals surface area contributed by atoms with E-state index >= 15 is 0 Å². The maximum Gasteiger partial charge on any atom is 0.298 e. The largest absolute Gasteiger partial charge is 0.423 e. The third kappa shape index (κ3) is 2.83. The predicted octanol–water partition coefficient (Wildman–Crippen LogP) is 3.99. The number of piperazine rings is 1. The number of anilines is 1. The van der Waals surface area contributed by atoms with Gasteiger partial charge in [-0.1, -0.05) is 23.2 Å². The van der Waals surface area contributed by atoms with Crippen LogP contribution >= 0.6 is 23.2 Å². The average molecular weight is 363 g/mol. The van der Waals surface area contributed by atoms with Gasteiger partial charge in [-0.2, -0.15) is 4.98 Å². The van der Waals surface area contributed by atoms with Crippen molar-refractivity contribution in [1.29, 1.82) is 0 Å². The molecule has 1 aliphatic heterocycles. The summed E-state index contributed by atoms with van der Waals surface area (Å²) in [6.45, 7) is 4.83. The Morgan fingerprint density at radius 3 is 2.88 bits per heavy atom. The molecule has 4 rings (SSSR count). The van der Waals surface area contributed by atoms with Gasteiger partial charge < -0.3 is 14.6 Å². The summed E-state index contributed by atoms with van der Waals surface area (Å²) in [5.74, 6) is 0. The number of halogens is 2. The fraction of sp³-hybridized carbons (Fsp3) is 0.294. The summed E-state index contributed by atoms with van der Waals surface area (Å²) in [5.41, 5.74) is 2.99. The van der Waals surface area contributed by atoms with Crippen LogP contribution in [0.5, 0.6) is 0 Å². The third-order valence-electron chi connectivity index (χ3n) is 4.19. The second-order valence-corrected chi connectivity index (χ2v) is 6.78. The zero-order valence-corrected chi connectivity index (χ0v) is 14.6.